The summed E-state index contributed by atoms with van der Waals surface area (Å²) < 4.78 is 23.5. The number of hydrogen-bond acceptors (Lipinski definition) is 5. The summed E-state index contributed by atoms with van der Waals surface area (Å²) in [6.07, 6.45) is 0.499. The molecule has 0 aromatic heterocycles. The highest BCUT2D eigenvalue weighted by Gasteiger charge is 2.28. The number of carbonyl (C=O) groups is 1. The molecule has 3 N–H and O–H groups in total. The van der Waals surface area contributed by atoms with E-state index in [1.165, 1.54) is 11.8 Å². The van der Waals surface area contributed by atoms with Crippen LogP contribution in [0.25, 0.3) is 0 Å². The summed E-state index contributed by atoms with van der Waals surface area (Å²) in [5.41, 5.74) is 6.46. The van der Waals surface area contributed by atoms with Crippen LogP contribution in [0.2, 0.25) is 0 Å². The van der Waals surface area contributed by atoms with Gasteiger partial charge in [-0.3, -0.25) is 4.79 Å². The normalized spacial score (nSPS) is 20.8. The van der Waals surface area contributed by atoms with Crippen LogP contribution >= 0.6 is 27.7 Å². The maximum absolute atomic E-state index is 11.8. The highest BCUT2D eigenvalue weighted by molar-refractivity contribution is 9.10. The molecule has 1 saturated heterocycles. The zero-order valence-corrected chi connectivity index (χ0v) is 13.9. The summed E-state index contributed by atoms with van der Waals surface area (Å²) >= 11 is 4.66. The first-order chi connectivity index (χ1) is 9.35. The number of nitrogens with one attached hydrogen (secondary N) is 1. The van der Waals surface area contributed by atoms with Crippen LogP contribution in [0.3, 0.4) is 0 Å². The Morgan fingerprint density at radius 3 is 2.85 bits per heavy atom. The Kier molecular flexibility index (Phi) is 4.98. The van der Waals surface area contributed by atoms with Gasteiger partial charge in [-0.05, 0) is 24.6 Å². The van der Waals surface area contributed by atoms with Crippen molar-refractivity contribution in [2.75, 3.05) is 23.0 Å². The Morgan fingerprint density at radius 1 is 1.50 bits per heavy atom. The van der Waals surface area contributed by atoms with Crippen molar-refractivity contribution in [3.63, 3.8) is 0 Å². The molecule has 1 aromatic carbocycles. The topological polar surface area (TPSA) is 89.3 Å². The van der Waals surface area contributed by atoms with E-state index in [2.05, 4.69) is 21.2 Å². The molecule has 1 aliphatic rings. The number of sulfone groups is 1. The zero-order chi connectivity index (χ0) is 14.8. The fourth-order valence-electron chi connectivity index (χ4n) is 1.97. The molecule has 1 unspecified atom stereocenters. The molecule has 1 atom stereocenters. The highest BCUT2D eigenvalue weighted by atomic mass is 79.9. The number of nitrogens with two attached hydrogens (primary N) is 1. The van der Waals surface area contributed by atoms with E-state index in [1.807, 2.05) is 12.1 Å². The van der Waals surface area contributed by atoms with E-state index in [4.69, 9.17) is 5.73 Å². The summed E-state index contributed by atoms with van der Waals surface area (Å²) in [5.74, 6) is 0.260. The molecular weight excluding hydrogens is 364 g/mol. The Hall–Kier alpha value is -0.730. The number of anilines is 1. The molecule has 1 amide bonds. The minimum Gasteiger partial charge on any atom is -0.398 e. The maximum atomic E-state index is 11.8. The van der Waals surface area contributed by atoms with Gasteiger partial charge in [0, 0.05) is 21.1 Å². The van der Waals surface area contributed by atoms with Gasteiger partial charge in [0.1, 0.15) is 0 Å². The number of benzene rings is 1. The molecule has 5 nitrogen and oxygen atoms in total. The molecule has 0 radical (unpaired) electrons. The lowest BCUT2D eigenvalue weighted by Crippen LogP contribution is -2.36. The van der Waals surface area contributed by atoms with E-state index in [9.17, 15) is 13.2 Å². The first-order valence-corrected chi connectivity index (χ1v) is 9.63. The molecule has 0 saturated carbocycles. The van der Waals surface area contributed by atoms with E-state index in [-0.39, 0.29) is 29.2 Å². The minimum absolute atomic E-state index is 0.0455. The Morgan fingerprint density at radius 2 is 2.25 bits per heavy atom. The summed E-state index contributed by atoms with van der Waals surface area (Å²) in [5, 5.41) is 2.75. The fraction of sp³-hybridized carbons (Fsp3) is 0.417. The van der Waals surface area contributed by atoms with Gasteiger partial charge in [-0.1, -0.05) is 15.9 Å². The summed E-state index contributed by atoms with van der Waals surface area (Å²) in [6, 6.07) is 5.23. The van der Waals surface area contributed by atoms with Gasteiger partial charge in [0.05, 0.1) is 17.3 Å². The fourth-order valence-corrected chi connectivity index (χ4v) is 4.78. The van der Waals surface area contributed by atoms with Crippen molar-refractivity contribution >= 4 is 49.1 Å². The predicted octanol–water partition coefficient (Wildman–Crippen LogP) is 1.43. The molecule has 1 fully saturated rings. The summed E-state index contributed by atoms with van der Waals surface area (Å²) in [6.45, 7) is 0. The van der Waals surface area contributed by atoms with Gasteiger partial charge in [-0.15, -0.1) is 11.8 Å². The van der Waals surface area contributed by atoms with Crippen LogP contribution in [0.15, 0.2) is 27.6 Å². The third-order valence-electron chi connectivity index (χ3n) is 2.93. The van der Waals surface area contributed by atoms with Crippen LogP contribution in [0.4, 0.5) is 5.69 Å². The maximum Gasteiger partial charge on any atom is 0.230 e. The molecule has 20 heavy (non-hydrogen) atoms. The smallest absolute Gasteiger partial charge is 0.230 e. The first kappa shape index (κ1) is 15.7. The Labute approximate surface area is 130 Å². The van der Waals surface area contributed by atoms with E-state index < -0.39 is 9.84 Å². The Bertz CT molecular complexity index is 619. The second kappa shape index (κ2) is 6.36. The molecule has 0 aliphatic carbocycles. The van der Waals surface area contributed by atoms with E-state index in [1.54, 1.807) is 6.07 Å². The standard InChI is InChI=1S/C12H15BrN2O3S2/c13-8-1-2-11(10(14)5-8)19-6-12(16)15-9-3-4-20(17,18)7-9/h1-2,5,9H,3-4,6-7,14H2,(H,15,16). The number of hydrogen-bond donors (Lipinski definition) is 2. The monoisotopic (exact) mass is 378 g/mol. The molecule has 0 spiro atoms. The number of rotatable bonds is 4. The van der Waals surface area contributed by atoms with Gasteiger partial charge in [0.15, 0.2) is 9.84 Å². The van der Waals surface area contributed by atoms with Crippen molar-refractivity contribution in [3.05, 3.63) is 22.7 Å². The molecule has 0 bridgehead atoms. The average molecular weight is 379 g/mol. The van der Waals surface area contributed by atoms with Gasteiger partial charge >= 0.3 is 0 Å². The quantitative estimate of drug-likeness (QED) is 0.610. The molecule has 110 valence electrons. The summed E-state index contributed by atoms with van der Waals surface area (Å²) in [4.78, 5) is 12.6. The summed E-state index contributed by atoms with van der Waals surface area (Å²) in [7, 11) is -2.97. The molecule has 1 aromatic rings. The molecule has 2 rings (SSSR count). The van der Waals surface area contributed by atoms with Crippen molar-refractivity contribution in [2.45, 2.75) is 17.4 Å². The zero-order valence-electron chi connectivity index (χ0n) is 10.6. The van der Waals surface area contributed by atoms with Crippen molar-refractivity contribution in [3.8, 4) is 0 Å². The van der Waals surface area contributed by atoms with Crippen LogP contribution in [0, 0.1) is 0 Å². The van der Waals surface area contributed by atoms with Crippen molar-refractivity contribution < 1.29 is 13.2 Å². The first-order valence-electron chi connectivity index (χ1n) is 6.03. The van der Waals surface area contributed by atoms with Crippen molar-refractivity contribution in [2.24, 2.45) is 0 Å². The second-order valence-corrected chi connectivity index (χ2v) is 8.80. The third-order valence-corrected chi connectivity index (χ3v) is 6.28. The average Bonchev–Trinajstić information content (AvgIpc) is 2.67. The van der Waals surface area contributed by atoms with E-state index in [0.29, 0.717) is 12.1 Å². The number of carbonyl (C=O) groups excluding carboxylic acids is 1. The van der Waals surface area contributed by atoms with Crippen LogP contribution in [-0.2, 0) is 14.6 Å². The van der Waals surface area contributed by atoms with Gasteiger partial charge in [0.25, 0.3) is 0 Å². The SMILES string of the molecule is Nc1cc(Br)ccc1SCC(=O)NC1CCS(=O)(=O)C1. The third kappa shape index (κ3) is 4.39. The number of thioether (sulfide) groups is 1. The van der Waals surface area contributed by atoms with Crippen molar-refractivity contribution in [1.82, 2.24) is 5.32 Å². The van der Waals surface area contributed by atoms with Crippen LogP contribution in [0.5, 0.6) is 0 Å². The lowest BCUT2D eigenvalue weighted by atomic mass is 10.3. The van der Waals surface area contributed by atoms with E-state index >= 15 is 0 Å². The Balaban J connectivity index is 1.84. The highest BCUT2D eigenvalue weighted by Crippen LogP contribution is 2.27. The molecular formula is C12H15BrN2O3S2. The molecule has 1 aliphatic heterocycles. The number of amides is 1. The number of halogens is 1. The van der Waals surface area contributed by atoms with Gasteiger partial charge in [-0.2, -0.15) is 0 Å². The number of nitrogen functional groups attached to an aromatic ring is 1. The molecule has 1 heterocycles. The van der Waals surface area contributed by atoms with Crippen LogP contribution in [-0.4, -0.2) is 37.6 Å². The minimum atomic E-state index is -2.97. The van der Waals surface area contributed by atoms with Crippen LogP contribution in [0.1, 0.15) is 6.42 Å². The van der Waals surface area contributed by atoms with Gasteiger partial charge in [0.2, 0.25) is 5.91 Å². The van der Waals surface area contributed by atoms with Gasteiger partial charge in [-0.25, -0.2) is 8.42 Å². The predicted molar refractivity (Wildman–Crippen MR) is 84.5 cm³/mol. The molecule has 8 heteroatoms. The lowest BCUT2D eigenvalue weighted by Gasteiger charge is -2.11. The van der Waals surface area contributed by atoms with Crippen LogP contribution < -0.4 is 11.1 Å². The largest absolute Gasteiger partial charge is 0.398 e. The lowest BCUT2D eigenvalue weighted by molar-refractivity contribution is -0.119. The van der Waals surface area contributed by atoms with E-state index in [0.717, 1.165) is 9.37 Å². The second-order valence-electron chi connectivity index (χ2n) is 4.64. The van der Waals surface area contributed by atoms with Crippen molar-refractivity contribution in [1.29, 1.82) is 0 Å². The van der Waals surface area contributed by atoms with Gasteiger partial charge < -0.3 is 11.1 Å².